The van der Waals surface area contributed by atoms with Crippen molar-refractivity contribution in [3.05, 3.63) is 35.4 Å². The Labute approximate surface area is 121 Å². The van der Waals surface area contributed by atoms with Crippen molar-refractivity contribution in [1.29, 1.82) is 0 Å². The lowest BCUT2D eigenvalue weighted by Gasteiger charge is -2.41. The van der Waals surface area contributed by atoms with Crippen LogP contribution in [0.25, 0.3) is 0 Å². The molecule has 0 amide bonds. The summed E-state index contributed by atoms with van der Waals surface area (Å²) < 4.78 is 17.3. The molecule has 1 saturated heterocycles. The Hall–Kier alpha value is -0.900. The van der Waals surface area contributed by atoms with Crippen LogP contribution in [0.15, 0.2) is 24.3 Å². The molecule has 1 aromatic carbocycles. The van der Waals surface area contributed by atoms with Gasteiger partial charge < -0.3 is 14.2 Å². The molecule has 0 spiro atoms. The maximum Gasteiger partial charge on any atom is 0.174 e. The Morgan fingerprint density at radius 1 is 1.20 bits per heavy atom. The summed E-state index contributed by atoms with van der Waals surface area (Å²) in [5.41, 5.74) is 2.71. The van der Waals surface area contributed by atoms with Gasteiger partial charge in [-0.25, -0.2) is 0 Å². The average molecular weight is 276 g/mol. The topological polar surface area (TPSA) is 27.7 Å². The van der Waals surface area contributed by atoms with Crippen molar-refractivity contribution in [1.82, 2.24) is 0 Å². The normalized spacial score (nSPS) is 36.9. The Bertz CT molecular complexity index is 456. The molecule has 0 aromatic heterocycles. The van der Waals surface area contributed by atoms with Crippen molar-refractivity contribution in [3.63, 3.8) is 0 Å². The summed E-state index contributed by atoms with van der Waals surface area (Å²) in [6.07, 6.45) is 4.10. The van der Waals surface area contributed by atoms with Gasteiger partial charge in [-0.15, -0.1) is 0 Å². The van der Waals surface area contributed by atoms with Gasteiger partial charge in [-0.3, -0.25) is 0 Å². The van der Waals surface area contributed by atoms with E-state index in [1.165, 1.54) is 17.5 Å². The van der Waals surface area contributed by atoms with Crippen molar-refractivity contribution < 1.29 is 14.2 Å². The van der Waals surface area contributed by atoms with Crippen molar-refractivity contribution >= 4 is 0 Å². The Morgan fingerprint density at radius 3 is 2.60 bits per heavy atom. The van der Waals surface area contributed by atoms with Crippen LogP contribution in [0.2, 0.25) is 0 Å². The molecule has 3 nitrogen and oxygen atoms in total. The van der Waals surface area contributed by atoms with Crippen LogP contribution in [0.5, 0.6) is 0 Å². The molecule has 0 bridgehead atoms. The van der Waals surface area contributed by atoms with Gasteiger partial charge >= 0.3 is 0 Å². The summed E-state index contributed by atoms with van der Waals surface area (Å²) in [6, 6.07) is 8.90. The van der Waals surface area contributed by atoms with E-state index in [1.807, 2.05) is 0 Å². The summed E-state index contributed by atoms with van der Waals surface area (Å²) in [7, 11) is 3.48. The molecule has 2 fully saturated rings. The third-order valence-corrected chi connectivity index (χ3v) is 4.98. The Kier molecular flexibility index (Phi) is 3.85. The lowest BCUT2D eigenvalue weighted by molar-refractivity contribution is -0.278. The molecule has 1 heterocycles. The standard InChI is InChI=1S/C17H24O3/c1-12-6-8-13(9-7-12)14-5-4-10-17(19-3)15(14)11-16(18-2)20-17/h6-9,14-16H,4-5,10-11H2,1-3H3. The molecular weight excluding hydrogens is 252 g/mol. The molecule has 0 radical (unpaired) electrons. The van der Waals surface area contributed by atoms with Gasteiger partial charge in [0.15, 0.2) is 12.1 Å². The van der Waals surface area contributed by atoms with Gasteiger partial charge in [-0.2, -0.15) is 0 Å². The molecule has 20 heavy (non-hydrogen) atoms. The highest BCUT2D eigenvalue weighted by Gasteiger charge is 2.54. The minimum Gasteiger partial charge on any atom is -0.356 e. The van der Waals surface area contributed by atoms with Crippen LogP contribution in [0, 0.1) is 12.8 Å². The van der Waals surface area contributed by atoms with Crippen LogP contribution in [0.4, 0.5) is 0 Å². The van der Waals surface area contributed by atoms with Crippen LogP contribution in [0.3, 0.4) is 0 Å². The van der Waals surface area contributed by atoms with Gasteiger partial charge in [-0.1, -0.05) is 29.8 Å². The zero-order valence-electron chi connectivity index (χ0n) is 12.6. The molecule has 0 N–H and O–H groups in total. The zero-order chi connectivity index (χ0) is 14.2. The summed E-state index contributed by atoms with van der Waals surface area (Å²) >= 11 is 0. The number of fused-ring (bicyclic) bond motifs is 1. The fraction of sp³-hybridized carbons (Fsp3) is 0.647. The van der Waals surface area contributed by atoms with Gasteiger partial charge in [0.05, 0.1) is 0 Å². The number of benzene rings is 1. The Balaban J connectivity index is 1.90. The maximum atomic E-state index is 6.08. The first-order valence-corrected chi connectivity index (χ1v) is 7.51. The van der Waals surface area contributed by atoms with Crippen molar-refractivity contribution in [2.45, 2.75) is 50.6 Å². The SMILES string of the molecule is COC1CC2C(c3ccc(C)cc3)CCCC2(OC)O1. The summed E-state index contributed by atoms with van der Waals surface area (Å²) in [5, 5.41) is 0. The molecular formula is C17H24O3. The van der Waals surface area contributed by atoms with Crippen LogP contribution in [0.1, 0.15) is 42.7 Å². The van der Waals surface area contributed by atoms with Crippen LogP contribution < -0.4 is 0 Å². The molecule has 1 saturated carbocycles. The van der Waals surface area contributed by atoms with E-state index in [1.54, 1.807) is 14.2 Å². The summed E-state index contributed by atoms with van der Waals surface area (Å²) in [4.78, 5) is 0. The molecule has 2 aliphatic rings. The van der Waals surface area contributed by atoms with Gasteiger partial charge in [0, 0.05) is 33.0 Å². The van der Waals surface area contributed by atoms with Gasteiger partial charge in [0.1, 0.15) is 0 Å². The number of ether oxygens (including phenoxy) is 3. The van der Waals surface area contributed by atoms with Gasteiger partial charge in [0.25, 0.3) is 0 Å². The monoisotopic (exact) mass is 276 g/mol. The first-order valence-electron chi connectivity index (χ1n) is 7.51. The van der Waals surface area contributed by atoms with Crippen LogP contribution >= 0.6 is 0 Å². The molecule has 1 aliphatic heterocycles. The van der Waals surface area contributed by atoms with E-state index in [4.69, 9.17) is 14.2 Å². The molecule has 4 unspecified atom stereocenters. The average Bonchev–Trinajstić information content (AvgIpc) is 2.87. The molecule has 1 aromatic rings. The van der Waals surface area contributed by atoms with Crippen molar-refractivity contribution in [2.24, 2.45) is 5.92 Å². The zero-order valence-corrected chi connectivity index (χ0v) is 12.6. The molecule has 1 aliphatic carbocycles. The summed E-state index contributed by atoms with van der Waals surface area (Å²) in [6.45, 7) is 2.13. The largest absolute Gasteiger partial charge is 0.356 e. The third kappa shape index (κ3) is 2.28. The number of aryl methyl sites for hydroxylation is 1. The van der Waals surface area contributed by atoms with E-state index >= 15 is 0 Å². The summed E-state index contributed by atoms with van der Waals surface area (Å²) in [5.74, 6) is 0.437. The molecule has 3 rings (SSSR count). The predicted octanol–water partition coefficient (Wildman–Crippen LogP) is 3.61. The first kappa shape index (κ1) is 14.1. The van der Waals surface area contributed by atoms with Crippen LogP contribution in [-0.4, -0.2) is 26.3 Å². The number of methoxy groups -OCH3 is 2. The highest BCUT2D eigenvalue weighted by Crippen LogP contribution is 2.52. The fourth-order valence-electron chi connectivity index (χ4n) is 3.89. The molecule has 4 atom stereocenters. The Morgan fingerprint density at radius 2 is 1.95 bits per heavy atom. The number of hydrogen-bond donors (Lipinski definition) is 0. The molecule has 110 valence electrons. The minimum atomic E-state index is -0.450. The lowest BCUT2D eigenvalue weighted by Crippen LogP contribution is -2.43. The van der Waals surface area contributed by atoms with E-state index in [0.29, 0.717) is 11.8 Å². The first-order chi connectivity index (χ1) is 9.68. The predicted molar refractivity (Wildman–Crippen MR) is 77.5 cm³/mol. The minimum absolute atomic E-state index is 0.133. The highest BCUT2D eigenvalue weighted by atomic mass is 16.8. The second kappa shape index (κ2) is 5.47. The maximum absolute atomic E-state index is 6.08. The van der Waals surface area contributed by atoms with E-state index in [0.717, 1.165) is 19.3 Å². The molecule has 3 heteroatoms. The lowest BCUT2D eigenvalue weighted by atomic mass is 9.71. The second-order valence-electron chi connectivity index (χ2n) is 6.05. The van der Waals surface area contributed by atoms with E-state index in [2.05, 4.69) is 31.2 Å². The quantitative estimate of drug-likeness (QED) is 0.844. The van der Waals surface area contributed by atoms with E-state index in [-0.39, 0.29) is 6.29 Å². The van der Waals surface area contributed by atoms with Crippen molar-refractivity contribution in [3.8, 4) is 0 Å². The van der Waals surface area contributed by atoms with E-state index in [9.17, 15) is 0 Å². The van der Waals surface area contributed by atoms with E-state index < -0.39 is 5.79 Å². The van der Waals surface area contributed by atoms with Crippen molar-refractivity contribution in [2.75, 3.05) is 14.2 Å². The number of hydrogen-bond acceptors (Lipinski definition) is 3. The van der Waals surface area contributed by atoms with Gasteiger partial charge in [0.2, 0.25) is 0 Å². The smallest absolute Gasteiger partial charge is 0.174 e. The third-order valence-electron chi connectivity index (χ3n) is 4.98. The van der Waals surface area contributed by atoms with Gasteiger partial charge in [-0.05, 0) is 31.2 Å². The fourth-order valence-corrected chi connectivity index (χ4v) is 3.89. The number of rotatable bonds is 3. The second-order valence-corrected chi connectivity index (χ2v) is 6.05. The highest BCUT2D eigenvalue weighted by molar-refractivity contribution is 5.26. The van der Waals surface area contributed by atoms with Crippen LogP contribution in [-0.2, 0) is 14.2 Å².